The van der Waals surface area contributed by atoms with Gasteiger partial charge in [-0.3, -0.25) is 9.69 Å². The van der Waals surface area contributed by atoms with E-state index >= 15 is 0 Å². The summed E-state index contributed by atoms with van der Waals surface area (Å²) in [7, 11) is -3.37. The van der Waals surface area contributed by atoms with Crippen molar-refractivity contribution in [1.29, 1.82) is 0 Å². The maximum atomic E-state index is 12.5. The monoisotopic (exact) mass is 343 g/mol. The molecule has 1 aromatic heterocycles. The molecule has 2 fully saturated rings. The first-order valence-electron chi connectivity index (χ1n) is 7.56. The zero-order valence-electron chi connectivity index (χ0n) is 12.6. The summed E-state index contributed by atoms with van der Waals surface area (Å²) in [6.07, 6.45) is 2.15. The van der Waals surface area contributed by atoms with Crippen LogP contribution >= 0.6 is 11.3 Å². The van der Waals surface area contributed by atoms with Crippen LogP contribution in [0.5, 0.6) is 0 Å². The lowest BCUT2D eigenvalue weighted by Gasteiger charge is -2.36. The first-order chi connectivity index (χ1) is 10.5. The van der Waals surface area contributed by atoms with Crippen molar-refractivity contribution in [2.24, 2.45) is 0 Å². The second kappa shape index (κ2) is 6.27. The standard InChI is InChI=1S/C14H21N3O3S2/c1-11(14(18)15-12-4-5-12)16-6-8-17(9-7-16)22(19,20)13-3-2-10-21-13/h2-3,10-12H,4-9H2,1H3,(H,15,18)/t11-/m0/s1. The molecule has 22 heavy (non-hydrogen) atoms. The van der Waals surface area contributed by atoms with E-state index in [4.69, 9.17) is 0 Å². The minimum atomic E-state index is -3.37. The van der Waals surface area contributed by atoms with E-state index in [1.807, 2.05) is 6.92 Å². The highest BCUT2D eigenvalue weighted by atomic mass is 32.2. The van der Waals surface area contributed by atoms with Crippen LogP contribution in [0.15, 0.2) is 21.7 Å². The van der Waals surface area contributed by atoms with Crippen molar-refractivity contribution in [1.82, 2.24) is 14.5 Å². The number of piperazine rings is 1. The van der Waals surface area contributed by atoms with Gasteiger partial charge in [-0.1, -0.05) is 6.07 Å². The van der Waals surface area contributed by atoms with Gasteiger partial charge in [-0.25, -0.2) is 8.42 Å². The fourth-order valence-corrected chi connectivity index (χ4v) is 5.15. The van der Waals surface area contributed by atoms with Crippen LogP contribution in [-0.4, -0.2) is 61.8 Å². The summed E-state index contributed by atoms with van der Waals surface area (Å²) < 4.78 is 26.8. The van der Waals surface area contributed by atoms with Gasteiger partial charge in [0.15, 0.2) is 0 Å². The van der Waals surface area contributed by atoms with Crippen LogP contribution in [0, 0.1) is 0 Å². The lowest BCUT2D eigenvalue weighted by molar-refractivity contribution is -0.126. The first-order valence-corrected chi connectivity index (χ1v) is 9.88. The summed E-state index contributed by atoms with van der Waals surface area (Å²) in [5, 5.41) is 4.78. The summed E-state index contributed by atoms with van der Waals surface area (Å²) in [5.41, 5.74) is 0. The maximum Gasteiger partial charge on any atom is 0.252 e. The van der Waals surface area contributed by atoms with Crippen LogP contribution in [-0.2, 0) is 14.8 Å². The Bertz CT molecular complexity index is 618. The van der Waals surface area contributed by atoms with Crippen LogP contribution in [0.3, 0.4) is 0 Å². The van der Waals surface area contributed by atoms with Gasteiger partial charge in [0.05, 0.1) is 6.04 Å². The summed E-state index contributed by atoms with van der Waals surface area (Å²) in [5.74, 6) is 0.0528. The number of sulfonamides is 1. The Morgan fingerprint density at radius 1 is 1.32 bits per heavy atom. The van der Waals surface area contributed by atoms with Crippen LogP contribution in [0.2, 0.25) is 0 Å². The number of hydrogen-bond donors (Lipinski definition) is 1. The Balaban J connectivity index is 1.57. The quantitative estimate of drug-likeness (QED) is 0.855. The van der Waals surface area contributed by atoms with E-state index in [1.165, 1.54) is 15.6 Å². The van der Waals surface area contributed by atoms with E-state index in [1.54, 1.807) is 17.5 Å². The van der Waals surface area contributed by atoms with Crippen molar-refractivity contribution in [3.8, 4) is 0 Å². The predicted octanol–water partition coefficient (Wildman–Crippen LogP) is 0.721. The Morgan fingerprint density at radius 2 is 2.00 bits per heavy atom. The molecule has 6 nitrogen and oxygen atoms in total. The molecule has 2 aliphatic rings. The minimum Gasteiger partial charge on any atom is -0.352 e. The van der Waals surface area contributed by atoms with Gasteiger partial charge in [0.1, 0.15) is 4.21 Å². The smallest absolute Gasteiger partial charge is 0.252 e. The van der Waals surface area contributed by atoms with Gasteiger partial charge in [-0.05, 0) is 31.2 Å². The Kier molecular flexibility index (Phi) is 4.54. The molecule has 1 saturated heterocycles. The highest BCUT2D eigenvalue weighted by Crippen LogP contribution is 2.23. The molecule has 3 rings (SSSR count). The molecule has 0 bridgehead atoms. The molecular weight excluding hydrogens is 322 g/mol. The molecule has 1 N–H and O–H groups in total. The van der Waals surface area contributed by atoms with E-state index in [0.717, 1.165) is 12.8 Å². The highest BCUT2D eigenvalue weighted by Gasteiger charge is 2.33. The molecule has 0 unspecified atom stereocenters. The van der Waals surface area contributed by atoms with Gasteiger partial charge < -0.3 is 5.32 Å². The molecule has 0 aromatic carbocycles. The molecule has 122 valence electrons. The number of carbonyl (C=O) groups excluding carboxylic acids is 1. The Morgan fingerprint density at radius 3 is 2.55 bits per heavy atom. The van der Waals surface area contributed by atoms with E-state index < -0.39 is 10.0 Å². The average Bonchev–Trinajstić information content (AvgIpc) is 3.15. The van der Waals surface area contributed by atoms with E-state index in [-0.39, 0.29) is 11.9 Å². The van der Waals surface area contributed by atoms with E-state index in [0.29, 0.717) is 36.4 Å². The molecule has 2 heterocycles. The topological polar surface area (TPSA) is 69.7 Å². The Hall–Kier alpha value is -0.960. The fourth-order valence-electron chi connectivity index (χ4n) is 2.58. The van der Waals surface area contributed by atoms with Crippen LogP contribution in [0.25, 0.3) is 0 Å². The third-order valence-corrected chi connectivity index (χ3v) is 7.49. The second-order valence-electron chi connectivity index (χ2n) is 5.83. The van der Waals surface area contributed by atoms with E-state index in [9.17, 15) is 13.2 Å². The molecule has 1 amide bonds. The van der Waals surface area contributed by atoms with Crippen molar-refractivity contribution in [3.63, 3.8) is 0 Å². The molecule has 1 saturated carbocycles. The lowest BCUT2D eigenvalue weighted by Crippen LogP contribution is -2.55. The van der Waals surface area contributed by atoms with Crippen LogP contribution < -0.4 is 5.32 Å². The molecule has 1 aliphatic heterocycles. The van der Waals surface area contributed by atoms with Crippen LogP contribution in [0.4, 0.5) is 0 Å². The lowest BCUT2D eigenvalue weighted by atomic mass is 10.2. The zero-order valence-corrected chi connectivity index (χ0v) is 14.2. The van der Waals surface area contributed by atoms with Gasteiger partial charge in [0.25, 0.3) is 10.0 Å². The number of amides is 1. The van der Waals surface area contributed by atoms with Crippen molar-refractivity contribution >= 4 is 27.3 Å². The molecule has 1 atom stereocenters. The highest BCUT2D eigenvalue weighted by molar-refractivity contribution is 7.91. The third-order valence-electron chi connectivity index (χ3n) is 4.21. The number of rotatable bonds is 5. The number of thiophene rings is 1. The molecule has 8 heteroatoms. The molecule has 1 aromatic rings. The van der Waals surface area contributed by atoms with Crippen LogP contribution in [0.1, 0.15) is 19.8 Å². The van der Waals surface area contributed by atoms with Gasteiger partial charge in [-0.15, -0.1) is 11.3 Å². The number of carbonyl (C=O) groups is 1. The van der Waals surface area contributed by atoms with Crippen molar-refractivity contribution in [3.05, 3.63) is 17.5 Å². The summed E-state index contributed by atoms with van der Waals surface area (Å²) >= 11 is 1.24. The van der Waals surface area contributed by atoms with Gasteiger partial charge >= 0.3 is 0 Å². The maximum absolute atomic E-state index is 12.5. The number of nitrogens with zero attached hydrogens (tertiary/aromatic N) is 2. The zero-order chi connectivity index (χ0) is 15.7. The van der Waals surface area contributed by atoms with Crippen molar-refractivity contribution in [2.45, 2.75) is 36.1 Å². The Labute approximate surface area is 135 Å². The summed E-state index contributed by atoms with van der Waals surface area (Å²) in [6.45, 7) is 3.93. The van der Waals surface area contributed by atoms with Crippen molar-refractivity contribution in [2.75, 3.05) is 26.2 Å². The predicted molar refractivity (Wildman–Crippen MR) is 85.3 cm³/mol. The first kappa shape index (κ1) is 15.9. The van der Waals surface area contributed by atoms with Gasteiger partial charge in [-0.2, -0.15) is 4.31 Å². The second-order valence-corrected chi connectivity index (χ2v) is 8.94. The molecule has 1 aliphatic carbocycles. The largest absolute Gasteiger partial charge is 0.352 e. The van der Waals surface area contributed by atoms with Gasteiger partial charge in [0, 0.05) is 32.2 Å². The molecule has 0 radical (unpaired) electrons. The van der Waals surface area contributed by atoms with Gasteiger partial charge in [0.2, 0.25) is 5.91 Å². The van der Waals surface area contributed by atoms with E-state index in [2.05, 4.69) is 10.2 Å². The normalized spacial score (nSPS) is 22.4. The third kappa shape index (κ3) is 3.34. The minimum absolute atomic E-state index is 0.0528. The summed E-state index contributed by atoms with van der Waals surface area (Å²) in [6, 6.07) is 3.54. The van der Waals surface area contributed by atoms with Crippen molar-refractivity contribution < 1.29 is 13.2 Å². The number of hydrogen-bond acceptors (Lipinski definition) is 5. The SMILES string of the molecule is C[C@@H](C(=O)NC1CC1)N1CCN(S(=O)(=O)c2cccs2)CC1. The molecular formula is C14H21N3O3S2. The summed E-state index contributed by atoms with van der Waals surface area (Å²) in [4.78, 5) is 14.1. The molecule has 0 spiro atoms. The number of nitrogens with one attached hydrogen (secondary N) is 1. The fraction of sp³-hybridized carbons (Fsp3) is 0.643. The average molecular weight is 343 g/mol.